The number of nitrogens with zero attached hydrogens (tertiary/aromatic N) is 2. The van der Waals surface area contributed by atoms with Gasteiger partial charge in [0.15, 0.2) is 0 Å². The van der Waals surface area contributed by atoms with Crippen molar-refractivity contribution in [1.82, 2.24) is 26.0 Å². The van der Waals surface area contributed by atoms with E-state index in [1.54, 1.807) is 6.92 Å². The Balaban J connectivity index is 1.60. The van der Waals surface area contributed by atoms with Crippen LogP contribution in [0, 0.1) is 0 Å². The van der Waals surface area contributed by atoms with E-state index in [0.717, 1.165) is 49.8 Å². The summed E-state index contributed by atoms with van der Waals surface area (Å²) in [6, 6.07) is -2.50. The van der Waals surface area contributed by atoms with E-state index >= 15 is 0 Å². The molecule has 2 atom stereocenters. The van der Waals surface area contributed by atoms with Crippen molar-refractivity contribution >= 4 is 29.8 Å². The molecule has 3 rings (SSSR count). The number of amides is 7. The van der Waals surface area contributed by atoms with Crippen molar-refractivity contribution in [2.45, 2.75) is 102 Å². The van der Waals surface area contributed by atoms with E-state index in [2.05, 4.69) is 23.0 Å². The number of unbranched alkanes of at least 4 members (excludes halogenated alkanes) is 4. The summed E-state index contributed by atoms with van der Waals surface area (Å²) in [4.78, 5) is 64.1. The number of hydrogen-bond acceptors (Lipinski definition) is 5. The number of hydrazine groups is 1. The van der Waals surface area contributed by atoms with Gasteiger partial charge in [0.1, 0.15) is 17.1 Å². The van der Waals surface area contributed by atoms with Gasteiger partial charge in [-0.2, -0.15) is 5.01 Å². The molecule has 0 aromatic heterocycles. The SMILES string of the molecule is CCCCCCCC1(C)NC(=O)N(NC(=O)C(C)N2C(=O)NC3(CCCC3)C2=O)C1=O. The maximum Gasteiger partial charge on any atom is 0.344 e. The van der Waals surface area contributed by atoms with Gasteiger partial charge in [-0.1, -0.05) is 51.9 Å². The topological polar surface area (TPSA) is 128 Å². The van der Waals surface area contributed by atoms with Crippen LogP contribution < -0.4 is 16.1 Å². The van der Waals surface area contributed by atoms with Crippen LogP contribution in [0.1, 0.15) is 85.0 Å². The van der Waals surface area contributed by atoms with Crippen molar-refractivity contribution in [2.75, 3.05) is 0 Å². The van der Waals surface area contributed by atoms with Crippen molar-refractivity contribution in [3.8, 4) is 0 Å². The highest BCUT2D eigenvalue weighted by molar-refractivity contribution is 6.11. The molecular formula is C21H33N5O5. The van der Waals surface area contributed by atoms with Crippen LogP contribution in [0.25, 0.3) is 0 Å². The molecular weight excluding hydrogens is 402 g/mol. The molecule has 7 amide bonds. The average Bonchev–Trinajstić information content (AvgIpc) is 3.34. The Morgan fingerprint density at radius 3 is 2.29 bits per heavy atom. The number of nitrogens with one attached hydrogen (secondary N) is 3. The van der Waals surface area contributed by atoms with E-state index in [4.69, 9.17) is 0 Å². The molecule has 3 aliphatic rings. The van der Waals surface area contributed by atoms with E-state index in [-0.39, 0.29) is 0 Å². The number of carbonyl (C=O) groups is 5. The van der Waals surface area contributed by atoms with Crippen LogP contribution >= 0.6 is 0 Å². The van der Waals surface area contributed by atoms with E-state index in [1.807, 2.05) is 0 Å². The zero-order chi connectivity index (χ0) is 22.8. The molecule has 31 heavy (non-hydrogen) atoms. The van der Waals surface area contributed by atoms with Crippen LogP contribution in [-0.4, -0.2) is 56.8 Å². The average molecular weight is 436 g/mol. The third kappa shape index (κ3) is 4.24. The molecule has 2 aliphatic heterocycles. The van der Waals surface area contributed by atoms with Gasteiger partial charge in [-0.15, -0.1) is 0 Å². The Bertz CT molecular complexity index is 778. The van der Waals surface area contributed by atoms with E-state index in [9.17, 15) is 24.0 Å². The zero-order valence-electron chi connectivity index (χ0n) is 18.6. The van der Waals surface area contributed by atoms with Gasteiger partial charge >= 0.3 is 12.1 Å². The van der Waals surface area contributed by atoms with Crippen molar-refractivity contribution in [3.05, 3.63) is 0 Å². The second-order valence-corrected chi connectivity index (χ2v) is 9.11. The third-order valence-corrected chi connectivity index (χ3v) is 6.68. The summed E-state index contributed by atoms with van der Waals surface area (Å²) in [5.41, 5.74) is 0.284. The van der Waals surface area contributed by atoms with Gasteiger partial charge in [0.2, 0.25) is 0 Å². The van der Waals surface area contributed by atoms with Gasteiger partial charge in [0.25, 0.3) is 17.7 Å². The molecule has 0 bridgehead atoms. The van der Waals surface area contributed by atoms with Crippen molar-refractivity contribution < 1.29 is 24.0 Å². The second-order valence-electron chi connectivity index (χ2n) is 9.11. The number of carbonyl (C=O) groups excluding carboxylic acids is 5. The lowest BCUT2D eigenvalue weighted by atomic mass is 9.94. The van der Waals surface area contributed by atoms with Crippen LogP contribution in [0.15, 0.2) is 0 Å². The monoisotopic (exact) mass is 435 g/mol. The molecule has 172 valence electrons. The molecule has 2 heterocycles. The molecule has 2 saturated heterocycles. The fourth-order valence-corrected chi connectivity index (χ4v) is 4.67. The number of imide groups is 2. The van der Waals surface area contributed by atoms with E-state index in [0.29, 0.717) is 24.3 Å². The highest BCUT2D eigenvalue weighted by Gasteiger charge is 2.55. The molecule has 1 aliphatic carbocycles. The zero-order valence-corrected chi connectivity index (χ0v) is 18.6. The number of urea groups is 2. The molecule has 3 N–H and O–H groups in total. The van der Waals surface area contributed by atoms with Crippen LogP contribution in [-0.2, 0) is 14.4 Å². The maximum absolute atomic E-state index is 12.9. The first-order valence-corrected chi connectivity index (χ1v) is 11.3. The van der Waals surface area contributed by atoms with Gasteiger partial charge in [-0.25, -0.2) is 14.5 Å². The quantitative estimate of drug-likeness (QED) is 0.377. The predicted molar refractivity (Wildman–Crippen MR) is 111 cm³/mol. The lowest BCUT2D eigenvalue weighted by Crippen LogP contribution is -2.56. The minimum absolute atomic E-state index is 0.424. The first-order valence-electron chi connectivity index (χ1n) is 11.3. The summed E-state index contributed by atoms with van der Waals surface area (Å²) in [5.74, 6) is -1.74. The molecule has 1 saturated carbocycles. The molecule has 10 nitrogen and oxygen atoms in total. The van der Waals surface area contributed by atoms with Crippen LogP contribution in [0.3, 0.4) is 0 Å². The molecule has 0 radical (unpaired) electrons. The summed E-state index contributed by atoms with van der Waals surface area (Å²) in [6.45, 7) is 5.17. The molecule has 3 fully saturated rings. The van der Waals surface area contributed by atoms with Crippen LogP contribution in [0.4, 0.5) is 9.59 Å². The Morgan fingerprint density at radius 2 is 1.65 bits per heavy atom. The van der Waals surface area contributed by atoms with Crippen LogP contribution in [0.5, 0.6) is 0 Å². The Hall–Kier alpha value is -2.65. The summed E-state index contributed by atoms with van der Waals surface area (Å²) < 4.78 is 0. The second kappa shape index (κ2) is 8.84. The van der Waals surface area contributed by atoms with E-state index in [1.165, 1.54) is 6.92 Å². The molecule has 1 spiro atoms. The molecule has 2 unspecified atom stereocenters. The minimum Gasteiger partial charge on any atom is -0.323 e. The van der Waals surface area contributed by atoms with Crippen molar-refractivity contribution in [3.63, 3.8) is 0 Å². The largest absolute Gasteiger partial charge is 0.344 e. The normalized spacial score (nSPS) is 25.9. The van der Waals surface area contributed by atoms with Gasteiger partial charge in [0.05, 0.1) is 0 Å². The Kier molecular flexibility index (Phi) is 6.56. The number of hydrogen-bond donors (Lipinski definition) is 3. The Labute approximate surface area is 182 Å². The summed E-state index contributed by atoms with van der Waals surface area (Å²) in [7, 11) is 0. The standard InChI is InChI=1S/C21H33N5O5/c1-4-5-6-7-8-11-20(3)16(28)26(19(31)22-20)24-15(27)14(2)25-17(29)21(23-18(25)30)12-9-10-13-21/h14H,4-13H2,1-3H3,(H,22,31)(H,23,30)(H,24,27). The highest BCUT2D eigenvalue weighted by Crippen LogP contribution is 2.35. The Morgan fingerprint density at radius 1 is 1.00 bits per heavy atom. The molecule has 0 aromatic carbocycles. The van der Waals surface area contributed by atoms with Gasteiger partial charge in [0, 0.05) is 0 Å². The smallest absolute Gasteiger partial charge is 0.323 e. The first kappa shape index (κ1) is 23.0. The van der Waals surface area contributed by atoms with Crippen LogP contribution in [0.2, 0.25) is 0 Å². The fourth-order valence-electron chi connectivity index (χ4n) is 4.67. The fraction of sp³-hybridized carbons (Fsp3) is 0.762. The predicted octanol–water partition coefficient (Wildman–Crippen LogP) is 1.94. The summed E-state index contributed by atoms with van der Waals surface area (Å²) in [5, 5.41) is 6.04. The van der Waals surface area contributed by atoms with Gasteiger partial charge < -0.3 is 10.6 Å². The van der Waals surface area contributed by atoms with E-state index < -0.39 is 46.9 Å². The summed E-state index contributed by atoms with van der Waals surface area (Å²) >= 11 is 0. The minimum atomic E-state index is -1.16. The van der Waals surface area contributed by atoms with Crippen molar-refractivity contribution in [2.24, 2.45) is 0 Å². The van der Waals surface area contributed by atoms with Crippen molar-refractivity contribution in [1.29, 1.82) is 0 Å². The molecule has 0 aromatic rings. The van der Waals surface area contributed by atoms with Gasteiger partial charge in [-0.05, 0) is 33.1 Å². The maximum atomic E-state index is 12.9. The first-order chi connectivity index (χ1) is 14.6. The lowest BCUT2D eigenvalue weighted by molar-refractivity contribution is -0.143. The number of rotatable bonds is 9. The van der Waals surface area contributed by atoms with Gasteiger partial charge in [-0.3, -0.25) is 19.8 Å². The third-order valence-electron chi connectivity index (χ3n) is 6.68. The lowest BCUT2D eigenvalue weighted by Gasteiger charge is -2.25. The molecule has 10 heteroatoms. The summed E-state index contributed by atoms with van der Waals surface area (Å²) in [6.07, 6.45) is 8.29. The highest BCUT2D eigenvalue weighted by atomic mass is 16.2.